The zero-order valence-electron chi connectivity index (χ0n) is 8.10. The van der Waals surface area contributed by atoms with Crippen LogP contribution in [0.3, 0.4) is 0 Å². The maximum atomic E-state index is 11.3. The molecule has 0 aromatic carbocycles. The molecule has 0 spiro atoms. The van der Waals surface area contributed by atoms with Crippen LogP contribution in [-0.2, 0) is 9.59 Å². The molecule has 1 aromatic rings. The van der Waals surface area contributed by atoms with E-state index in [-0.39, 0.29) is 19.1 Å². The minimum absolute atomic E-state index is 0.0999. The summed E-state index contributed by atoms with van der Waals surface area (Å²) >= 11 is 0. The lowest BCUT2D eigenvalue weighted by molar-refractivity contribution is -0.142. The van der Waals surface area contributed by atoms with Crippen LogP contribution < -0.4 is 5.32 Å². The number of hydrogen-bond donors (Lipinski definition) is 3. The van der Waals surface area contributed by atoms with Crippen LogP contribution in [0.2, 0.25) is 0 Å². The Bertz CT molecular complexity index is 336. The molecule has 0 aliphatic carbocycles. The molecule has 1 rings (SSSR count). The van der Waals surface area contributed by atoms with E-state index in [9.17, 15) is 9.59 Å². The van der Waals surface area contributed by atoms with E-state index in [4.69, 9.17) is 5.11 Å². The van der Waals surface area contributed by atoms with Crippen molar-refractivity contribution >= 4 is 17.8 Å². The van der Waals surface area contributed by atoms with Crippen LogP contribution in [0.1, 0.15) is 0 Å². The van der Waals surface area contributed by atoms with Crippen molar-refractivity contribution in [2.24, 2.45) is 0 Å². The zero-order valence-corrected chi connectivity index (χ0v) is 8.10. The van der Waals surface area contributed by atoms with Gasteiger partial charge in [0.2, 0.25) is 5.95 Å². The quantitative estimate of drug-likeness (QED) is 0.512. The number of aliphatic hydroxyl groups is 1. The van der Waals surface area contributed by atoms with Crippen LogP contribution in [0, 0.1) is 0 Å². The number of carbonyl (C=O) groups excluding carboxylic acids is 2. The Labute approximate surface area is 85.3 Å². The molecule has 0 aliphatic rings. The summed E-state index contributed by atoms with van der Waals surface area (Å²) in [4.78, 5) is 27.3. The van der Waals surface area contributed by atoms with Gasteiger partial charge in [-0.05, 0) is 0 Å². The summed E-state index contributed by atoms with van der Waals surface area (Å²) in [6, 6.07) is 0. The van der Waals surface area contributed by atoms with Gasteiger partial charge >= 0.3 is 11.8 Å². The highest BCUT2D eigenvalue weighted by atomic mass is 16.3. The van der Waals surface area contributed by atoms with Gasteiger partial charge in [0.1, 0.15) is 6.33 Å². The first-order valence-electron chi connectivity index (χ1n) is 4.18. The van der Waals surface area contributed by atoms with Gasteiger partial charge in [0, 0.05) is 13.6 Å². The van der Waals surface area contributed by atoms with Gasteiger partial charge in [0.15, 0.2) is 0 Å². The fraction of sp³-hybridized carbons (Fsp3) is 0.429. The smallest absolute Gasteiger partial charge is 0.316 e. The standard InChI is InChI=1S/C7H11N5O3/c1-12(2-3-13)6(15)5(14)10-7-8-4-9-11-7/h4,13H,2-3H2,1H3,(H2,8,9,10,11,14). The maximum absolute atomic E-state index is 11.3. The van der Waals surface area contributed by atoms with E-state index in [1.165, 1.54) is 13.4 Å². The number of anilines is 1. The summed E-state index contributed by atoms with van der Waals surface area (Å²) in [5, 5.41) is 16.7. The Morgan fingerprint density at radius 3 is 2.93 bits per heavy atom. The average Bonchev–Trinajstić information content (AvgIpc) is 2.69. The van der Waals surface area contributed by atoms with Gasteiger partial charge in [-0.15, -0.1) is 0 Å². The molecule has 0 bridgehead atoms. The van der Waals surface area contributed by atoms with Crippen molar-refractivity contribution < 1.29 is 14.7 Å². The molecule has 0 saturated carbocycles. The van der Waals surface area contributed by atoms with E-state index >= 15 is 0 Å². The number of nitrogens with zero attached hydrogens (tertiary/aromatic N) is 3. The third-order valence-corrected chi connectivity index (χ3v) is 1.62. The SMILES string of the molecule is CN(CCO)C(=O)C(=O)Nc1ncn[nH]1. The van der Waals surface area contributed by atoms with Crippen LogP contribution in [-0.4, -0.2) is 57.2 Å². The summed E-state index contributed by atoms with van der Waals surface area (Å²) in [5.41, 5.74) is 0. The van der Waals surface area contributed by atoms with E-state index in [1.807, 2.05) is 0 Å². The maximum Gasteiger partial charge on any atom is 0.316 e. The molecule has 0 aliphatic heterocycles. The van der Waals surface area contributed by atoms with Crippen LogP contribution in [0.25, 0.3) is 0 Å². The molecular formula is C7H11N5O3. The topological polar surface area (TPSA) is 111 Å². The Balaban J connectivity index is 2.50. The molecule has 1 heterocycles. The predicted octanol–water partition coefficient (Wildman–Crippen LogP) is -1.81. The second kappa shape index (κ2) is 5.05. The van der Waals surface area contributed by atoms with Crippen molar-refractivity contribution in [1.82, 2.24) is 20.1 Å². The van der Waals surface area contributed by atoms with Crippen LogP contribution in [0.4, 0.5) is 5.95 Å². The van der Waals surface area contributed by atoms with Gasteiger partial charge in [-0.25, -0.2) is 5.10 Å². The van der Waals surface area contributed by atoms with Crippen molar-refractivity contribution in [3.8, 4) is 0 Å². The first-order chi connectivity index (χ1) is 7.15. The number of aliphatic hydroxyl groups excluding tert-OH is 1. The number of aromatic amines is 1. The fourth-order valence-corrected chi connectivity index (χ4v) is 0.852. The molecule has 8 nitrogen and oxygen atoms in total. The van der Waals surface area contributed by atoms with Crippen LogP contribution in [0.15, 0.2) is 6.33 Å². The van der Waals surface area contributed by atoms with Crippen molar-refractivity contribution in [2.45, 2.75) is 0 Å². The summed E-state index contributed by atoms with van der Waals surface area (Å²) in [5.74, 6) is -1.48. The number of nitrogens with one attached hydrogen (secondary N) is 2. The lowest BCUT2D eigenvalue weighted by Gasteiger charge is -2.13. The van der Waals surface area contributed by atoms with E-state index in [2.05, 4.69) is 20.5 Å². The van der Waals surface area contributed by atoms with Crippen molar-refractivity contribution in [1.29, 1.82) is 0 Å². The summed E-state index contributed by atoms with van der Waals surface area (Å²) in [6.45, 7) is -0.0967. The normalized spacial score (nSPS) is 9.73. The molecule has 0 saturated heterocycles. The van der Waals surface area contributed by atoms with Gasteiger partial charge in [-0.1, -0.05) is 0 Å². The van der Waals surface area contributed by atoms with E-state index in [0.717, 1.165) is 4.90 Å². The minimum atomic E-state index is -0.831. The minimum Gasteiger partial charge on any atom is -0.395 e. The number of likely N-dealkylation sites (N-methyl/N-ethyl adjacent to an activating group) is 1. The molecule has 2 amide bonds. The molecular weight excluding hydrogens is 202 g/mol. The predicted molar refractivity (Wildman–Crippen MR) is 49.7 cm³/mol. The Morgan fingerprint density at radius 2 is 2.40 bits per heavy atom. The van der Waals surface area contributed by atoms with E-state index < -0.39 is 11.8 Å². The lowest BCUT2D eigenvalue weighted by Crippen LogP contribution is -2.38. The highest BCUT2D eigenvalue weighted by molar-refractivity contribution is 6.39. The molecule has 0 fully saturated rings. The van der Waals surface area contributed by atoms with Gasteiger partial charge in [0.25, 0.3) is 0 Å². The first kappa shape index (κ1) is 11.1. The lowest BCUT2D eigenvalue weighted by atomic mass is 10.4. The fourth-order valence-electron chi connectivity index (χ4n) is 0.852. The summed E-state index contributed by atoms with van der Waals surface area (Å²) < 4.78 is 0. The highest BCUT2D eigenvalue weighted by Crippen LogP contribution is 1.94. The number of carbonyl (C=O) groups is 2. The van der Waals surface area contributed by atoms with Crippen LogP contribution in [0.5, 0.6) is 0 Å². The van der Waals surface area contributed by atoms with Gasteiger partial charge in [-0.3, -0.25) is 14.9 Å². The first-order valence-corrected chi connectivity index (χ1v) is 4.18. The van der Waals surface area contributed by atoms with E-state index in [1.54, 1.807) is 0 Å². The van der Waals surface area contributed by atoms with Crippen molar-refractivity contribution in [3.63, 3.8) is 0 Å². The molecule has 15 heavy (non-hydrogen) atoms. The van der Waals surface area contributed by atoms with E-state index in [0.29, 0.717) is 0 Å². The monoisotopic (exact) mass is 213 g/mol. The van der Waals surface area contributed by atoms with Gasteiger partial charge in [0.05, 0.1) is 6.61 Å². The van der Waals surface area contributed by atoms with Gasteiger partial charge < -0.3 is 10.0 Å². The third-order valence-electron chi connectivity index (χ3n) is 1.62. The summed E-state index contributed by atoms with van der Waals surface area (Å²) in [7, 11) is 1.42. The molecule has 82 valence electrons. The number of hydrogen-bond acceptors (Lipinski definition) is 5. The zero-order chi connectivity index (χ0) is 11.3. The molecule has 1 aromatic heterocycles. The molecule has 0 atom stereocenters. The number of amides is 2. The van der Waals surface area contributed by atoms with Crippen molar-refractivity contribution in [3.05, 3.63) is 6.33 Å². The molecule has 0 unspecified atom stereocenters. The second-order valence-electron chi connectivity index (χ2n) is 2.74. The molecule has 8 heteroatoms. The largest absolute Gasteiger partial charge is 0.395 e. The second-order valence-corrected chi connectivity index (χ2v) is 2.74. The third kappa shape index (κ3) is 3.02. The molecule has 3 N–H and O–H groups in total. The Morgan fingerprint density at radius 1 is 1.67 bits per heavy atom. The number of rotatable bonds is 3. The van der Waals surface area contributed by atoms with Crippen molar-refractivity contribution in [2.75, 3.05) is 25.5 Å². The van der Waals surface area contributed by atoms with Crippen LogP contribution >= 0.6 is 0 Å². The van der Waals surface area contributed by atoms with Gasteiger partial charge in [-0.2, -0.15) is 10.1 Å². The Kier molecular flexibility index (Phi) is 3.75. The molecule has 0 radical (unpaired) electrons. The number of aromatic nitrogens is 3. The average molecular weight is 213 g/mol. The Hall–Kier alpha value is -1.96. The number of H-pyrrole nitrogens is 1. The highest BCUT2D eigenvalue weighted by Gasteiger charge is 2.18. The summed E-state index contributed by atoms with van der Waals surface area (Å²) in [6.07, 6.45) is 1.21.